The van der Waals surface area contributed by atoms with Crippen molar-refractivity contribution in [3.05, 3.63) is 47.5 Å². The van der Waals surface area contributed by atoms with Crippen LogP contribution >= 0.6 is 11.6 Å². The summed E-state index contributed by atoms with van der Waals surface area (Å²) < 4.78 is 5.07. The predicted molar refractivity (Wildman–Crippen MR) is 82.4 cm³/mol. The Hall–Kier alpha value is -1.78. The lowest BCUT2D eigenvalue weighted by Crippen LogP contribution is -2.27. The first-order valence-corrected chi connectivity index (χ1v) is 6.51. The zero-order valence-electron chi connectivity index (χ0n) is 11.4. The summed E-state index contributed by atoms with van der Waals surface area (Å²) in [6, 6.07) is 5.49. The molecule has 1 aromatic carbocycles. The van der Waals surface area contributed by atoms with Gasteiger partial charge in [-0.1, -0.05) is 23.7 Å². The van der Waals surface area contributed by atoms with Gasteiger partial charge in [-0.25, -0.2) is 4.79 Å². The first-order chi connectivity index (χ1) is 9.58. The van der Waals surface area contributed by atoms with Crippen molar-refractivity contribution in [2.45, 2.75) is 0 Å². The summed E-state index contributed by atoms with van der Waals surface area (Å²) in [7, 11) is 1.65. The van der Waals surface area contributed by atoms with Gasteiger partial charge in [0.15, 0.2) is 0 Å². The van der Waals surface area contributed by atoms with Crippen molar-refractivity contribution < 1.29 is 14.6 Å². The van der Waals surface area contributed by atoms with E-state index < -0.39 is 5.97 Å². The molecule has 0 aliphatic rings. The number of carbonyl (C=O) groups is 1. The van der Waals surface area contributed by atoms with E-state index in [0.29, 0.717) is 23.7 Å². The van der Waals surface area contributed by atoms with Crippen molar-refractivity contribution in [1.29, 1.82) is 0 Å². The molecule has 5 heteroatoms. The van der Waals surface area contributed by atoms with Crippen molar-refractivity contribution in [3.63, 3.8) is 0 Å². The number of methoxy groups -OCH3 is 1. The van der Waals surface area contributed by atoms with Gasteiger partial charge >= 0.3 is 5.97 Å². The van der Waals surface area contributed by atoms with E-state index in [1.54, 1.807) is 13.2 Å². The maximum Gasteiger partial charge on any atom is 0.328 e. The standard InChI is InChI=1S/C15H18ClNO3/c1-3-8-17(9-10-20-2)13-6-4-12(14(16)11-13)5-7-15(18)19/h3-7,11H,1,8-10H2,2H3,(H,18,19)/b7-5+. The molecule has 0 atom stereocenters. The van der Waals surface area contributed by atoms with E-state index in [9.17, 15) is 4.79 Å². The van der Waals surface area contributed by atoms with Crippen LogP contribution in [0.15, 0.2) is 36.9 Å². The van der Waals surface area contributed by atoms with Crippen LogP contribution in [-0.2, 0) is 9.53 Å². The molecule has 0 saturated carbocycles. The van der Waals surface area contributed by atoms with Crippen LogP contribution < -0.4 is 4.90 Å². The van der Waals surface area contributed by atoms with Gasteiger partial charge in [0.05, 0.1) is 6.61 Å². The lowest BCUT2D eigenvalue weighted by molar-refractivity contribution is -0.131. The van der Waals surface area contributed by atoms with Crippen molar-refractivity contribution in [2.24, 2.45) is 0 Å². The zero-order valence-corrected chi connectivity index (χ0v) is 12.1. The van der Waals surface area contributed by atoms with E-state index in [1.807, 2.05) is 18.2 Å². The molecule has 0 radical (unpaired) electrons. The number of hydrogen-bond acceptors (Lipinski definition) is 3. The molecule has 0 aliphatic carbocycles. The highest BCUT2D eigenvalue weighted by Crippen LogP contribution is 2.24. The average molecular weight is 296 g/mol. The summed E-state index contributed by atoms with van der Waals surface area (Å²) in [5.41, 5.74) is 1.61. The molecule has 1 rings (SSSR count). The van der Waals surface area contributed by atoms with Crippen LogP contribution in [0.25, 0.3) is 6.08 Å². The highest BCUT2D eigenvalue weighted by molar-refractivity contribution is 6.32. The summed E-state index contributed by atoms with van der Waals surface area (Å²) in [4.78, 5) is 12.6. The third kappa shape index (κ3) is 5.07. The number of carboxylic acids is 1. The second kappa shape index (κ2) is 8.40. The minimum absolute atomic E-state index is 0.506. The van der Waals surface area contributed by atoms with E-state index in [0.717, 1.165) is 18.3 Å². The summed E-state index contributed by atoms with van der Waals surface area (Å²) in [6.07, 6.45) is 4.34. The number of nitrogens with zero attached hydrogens (tertiary/aromatic N) is 1. The largest absolute Gasteiger partial charge is 0.478 e. The third-order valence-corrected chi connectivity index (χ3v) is 3.00. The van der Waals surface area contributed by atoms with Crippen LogP contribution in [-0.4, -0.2) is 37.9 Å². The Balaban J connectivity index is 2.92. The summed E-state index contributed by atoms with van der Waals surface area (Å²) >= 11 is 6.16. The number of carboxylic acid groups (broad SMARTS) is 1. The van der Waals surface area contributed by atoms with Gasteiger partial charge in [0, 0.05) is 37.0 Å². The highest BCUT2D eigenvalue weighted by atomic mass is 35.5. The number of halogens is 1. The molecule has 0 aromatic heterocycles. The fourth-order valence-electron chi connectivity index (χ4n) is 1.69. The number of ether oxygens (including phenoxy) is 1. The lowest BCUT2D eigenvalue weighted by Gasteiger charge is -2.23. The average Bonchev–Trinajstić information content (AvgIpc) is 2.42. The molecule has 0 spiro atoms. The fourth-order valence-corrected chi connectivity index (χ4v) is 1.93. The Morgan fingerprint density at radius 1 is 1.55 bits per heavy atom. The molecular weight excluding hydrogens is 278 g/mol. The van der Waals surface area contributed by atoms with E-state index in [-0.39, 0.29) is 0 Å². The van der Waals surface area contributed by atoms with Gasteiger partial charge in [-0.15, -0.1) is 6.58 Å². The predicted octanol–water partition coefficient (Wildman–Crippen LogP) is 3.08. The highest BCUT2D eigenvalue weighted by Gasteiger charge is 2.07. The summed E-state index contributed by atoms with van der Waals surface area (Å²) in [5.74, 6) is -1.00. The summed E-state index contributed by atoms with van der Waals surface area (Å²) in [5, 5.41) is 9.12. The smallest absolute Gasteiger partial charge is 0.328 e. The van der Waals surface area contributed by atoms with Crippen molar-refractivity contribution in [1.82, 2.24) is 0 Å². The number of rotatable bonds is 8. The van der Waals surface area contributed by atoms with Gasteiger partial charge in [0.2, 0.25) is 0 Å². The first-order valence-electron chi connectivity index (χ1n) is 6.13. The Morgan fingerprint density at radius 2 is 2.30 bits per heavy atom. The molecule has 0 saturated heterocycles. The monoisotopic (exact) mass is 295 g/mol. The lowest BCUT2D eigenvalue weighted by atomic mass is 10.1. The molecule has 0 amide bonds. The van der Waals surface area contributed by atoms with Crippen LogP contribution in [0.2, 0.25) is 5.02 Å². The van der Waals surface area contributed by atoms with E-state index in [1.165, 1.54) is 6.08 Å². The Labute approximate surface area is 123 Å². The third-order valence-electron chi connectivity index (χ3n) is 2.67. The van der Waals surface area contributed by atoms with Crippen LogP contribution in [0.1, 0.15) is 5.56 Å². The quantitative estimate of drug-likeness (QED) is 0.591. The molecule has 0 aliphatic heterocycles. The molecule has 108 valence electrons. The first kappa shape index (κ1) is 16.3. The van der Waals surface area contributed by atoms with Crippen LogP contribution in [0, 0.1) is 0 Å². The van der Waals surface area contributed by atoms with Crippen LogP contribution in [0.3, 0.4) is 0 Å². The molecular formula is C15H18ClNO3. The SMILES string of the molecule is C=CCN(CCOC)c1ccc(/C=C/C(=O)O)c(Cl)c1. The molecule has 20 heavy (non-hydrogen) atoms. The summed E-state index contributed by atoms with van der Waals surface area (Å²) in [6.45, 7) is 5.74. The normalized spacial score (nSPS) is 10.7. The zero-order chi connectivity index (χ0) is 15.0. The molecule has 0 unspecified atom stereocenters. The van der Waals surface area contributed by atoms with Gasteiger partial charge in [0.25, 0.3) is 0 Å². The molecule has 0 bridgehead atoms. The van der Waals surface area contributed by atoms with Gasteiger partial charge < -0.3 is 14.7 Å². The molecule has 4 nitrogen and oxygen atoms in total. The maximum atomic E-state index is 10.5. The fraction of sp³-hybridized carbons (Fsp3) is 0.267. The minimum atomic E-state index is -1.00. The minimum Gasteiger partial charge on any atom is -0.478 e. The second-order valence-electron chi connectivity index (χ2n) is 4.10. The maximum absolute atomic E-state index is 10.5. The van der Waals surface area contributed by atoms with E-state index in [4.69, 9.17) is 21.4 Å². The number of benzene rings is 1. The number of hydrogen-bond donors (Lipinski definition) is 1. The van der Waals surface area contributed by atoms with Crippen molar-refractivity contribution in [3.8, 4) is 0 Å². The van der Waals surface area contributed by atoms with Crippen LogP contribution in [0.5, 0.6) is 0 Å². The van der Waals surface area contributed by atoms with Gasteiger partial charge in [-0.3, -0.25) is 0 Å². The second-order valence-corrected chi connectivity index (χ2v) is 4.51. The van der Waals surface area contributed by atoms with Crippen molar-refractivity contribution >= 4 is 29.3 Å². The van der Waals surface area contributed by atoms with Gasteiger partial charge in [-0.05, 0) is 23.8 Å². The van der Waals surface area contributed by atoms with Gasteiger partial charge in [0.1, 0.15) is 0 Å². The number of aliphatic carboxylic acids is 1. The van der Waals surface area contributed by atoms with E-state index >= 15 is 0 Å². The molecule has 0 fully saturated rings. The Kier molecular flexibility index (Phi) is 6.84. The molecule has 1 aromatic rings. The van der Waals surface area contributed by atoms with Crippen LogP contribution in [0.4, 0.5) is 5.69 Å². The Morgan fingerprint density at radius 3 is 2.85 bits per heavy atom. The molecule has 0 heterocycles. The Bertz CT molecular complexity index is 500. The van der Waals surface area contributed by atoms with E-state index in [2.05, 4.69) is 11.5 Å². The van der Waals surface area contributed by atoms with Crippen molar-refractivity contribution in [2.75, 3.05) is 31.7 Å². The topological polar surface area (TPSA) is 49.8 Å². The van der Waals surface area contributed by atoms with Gasteiger partial charge in [-0.2, -0.15) is 0 Å². The molecule has 1 N–H and O–H groups in total. The number of anilines is 1.